The van der Waals surface area contributed by atoms with E-state index in [2.05, 4.69) is 15.3 Å². The topological polar surface area (TPSA) is 82.3 Å². The zero-order chi connectivity index (χ0) is 13.7. The molecule has 0 unspecified atom stereocenters. The molecule has 0 spiro atoms. The lowest BCUT2D eigenvalue weighted by atomic mass is 10.3. The number of aromatic nitrogens is 2. The Labute approximate surface area is 111 Å². The molecule has 0 bridgehead atoms. The average Bonchev–Trinajstić information content (AvgIpc) is 2.39. The number of nitrogens with two attached hydrogens (primary N) is 1. The first-order chi connectivity index (χ1) is 9.21. The number of nitrogen functional groups attached to an aromatic ring is 1. The third-order valence-electron chi connectivity index (χ3n) is 2.36. The lowest BCUT2D eigenvalue weighted by Crippen LogP contribution is -2.04. The molecule has 0 aliphatic heterocycles. The van der Waals surface area contributed by atoms with Crippen molar-refractivity contribution in [1.82, 2.24) is 9.97 Å². The molecule has 0 saturated carbocycles. The number of hydrogen-bond donors (Lipinski definition) is 2. The minimum Gasteiger partial charge on any atom is -0.497 e. The number of methoxy groups -OCH3 is 1. The summed E-state index contributed by atoms with van der Waals surface area (Å²) >= 11 is 0. The van der Waals surface area contributed by atoms with Crippen LogP contribution in [0.4, 0.5) is 11.8 Å². The van der Waals surface area contributed by atoms with Gasteiger partial charge in [-0.15, -0.1) is 0 Å². The molecule has 3 N–H and O–H groups in total. The number of benzene rings is 1. The van der Waals surface area contributed by atoms with Crippen molar-refractivity contribution in [3.05, 3.63) is 30.3 Å². The van der Waals surface area contributed by atoms with Crippen molar-refractivity contribution in [3.8, 4) is 17.4 Å². The largest absolute Gasteiger partial charge is 0.497 e. The predicted molar refractivity (Wildman–Crippen MR) is 73.7 cm³/mol. The van der Waals surface area contributed by atoms with Gasteiger partial charge in [0.15, 0.2) is 0 Å². The number of rotatable bonds is 5. The second-order valence-corrected chi connectivity index (χ2v) is 3.76. The maximum Gasteiger partial charge on any atom is 0.226 e. The van der Waals surface area contributed by atoms with Crippen LogP contribution in [0, 0.1) is 0 Å². The highest BCUT2D eigenvalue weighted by molar-refractivity contribution is 5.44. The van der Waals surface area contributed by atoms with Gasteiger partial charge in [-0.25, -0.2) is 0 Å². The van der Waals surface area contributed by atoms with E-state index in [0.717, 1.165) is 12.3 Å². The Morgan fingerprint density at radius 2 is 1.84 bits per heavy atom. The summed E-state index contributed by atoms with van der Waals surface area (Å²) in [4.78, 5) is 8.08. The third-order valence-corrected chi connectivity index (χ3v) is 2.36. The van der Waals surface area contributed by atoms with Crippen molar-refractivity contribution in [3.63, 3.8) is 0 Å². The van der Waals surface area contributed by atoms with E-state index in [9.17, 15) is 0 Å². The number of nitrogens with one attached hydrogen (secondary N) is 1. The minimum absolute atomic E-state index is 0.168. The average molecular weight is 260 g/mol. The molecule has 0 saturated heterocycles. The summed E-state index contributed by atoms with van der Waals surface area (Å²) in [6, 6.07) is 8.91. The molecule has 6 nitrogen and oxygen atoms in total. The molecule has 1 aromatic heterocycles. The normalized spacial score (nSPS) is 10.0. The van der Waals surface area contributed by atoms with Gasteiger partial charge < -0.3 is 20.5 Å². The third kappa shape index (κ3) is 3.48. The molecular weight excluding hydrogens is 244 g/mol. The molecule has 0 aliphatic rings. The Kier molecular flexibility index (Phi) is 4.02. The summed E-state index contributed by atoms with van der Waals surface area (Å²) in [6.07, 6.45) is 0. The molecule has 100 valence electrons. The molecule has 0 fully saturated rings. The highest BCUT2D eigenvalue weighted by Gasteiger charge is 2.04. The van der Waals surface area contributed by atoms with Crippen molar-refractivity contribution in [1.29, 1.82) is 0 Å². The van der Waals surface area contributed by atoms with Gasteiger partial charge in [0.25, 0.3) is 0 Å². The van der Waals surface area contributed by atoms with Crippen LogP contribution in [0.2, 0.25) is 0 Å². The van der Waals surface area contributed by atoms with E-state index < -0.39 is 0 Å². The van der Waals surface area contributed by atoms with Crippen LogP contribution in [-0.2, 0) is 0 Å². The van der Waals surface area contributed by atoms with E-state index in [1.54, 1.807) is 25.3 Å². The number of anilines is 2. The van der Waals surface area contributed by atoms with Crippen LogP contribution in [0.15, 0.2) is 30.3 Å². The zero-order valence-corrected chi connectivity index (χ0v) is 10.9. The number of hydrogen-bond acceptors (Lipinski definition) is 6. The van der Waals surface area contributed by atoms with Gasteiger partial charge in [-0.05, 0) is 31.2 Å². The van der Waals surface area contributed by atoms with Gasteiger partial charge in [0.05, 0.1) is 7.11 Å². The smallest absolute Gasteiger partial charge is 0.226 e. The zero-order valence-electron chi connectivity index (χ0n) is 10.9. The van der Waals surface area contributed by atoms with Crippen LogP contribution in [0.1, 0.15) is 6.92 Å². The van der Waals surface area contributed by atoms with Gasteiger partial charge in [0.1, 0.15) is 17.3 Å². The Morgan fingerprint density at radius 1 is 1.16 bits per heavy atom. The van der Waals surface area contributed by atoms with E-state index in [0.29, 0.717) is 17.4 Å². The van der Waals surface area contributed by atoms with Gasteiger partial charge in [0.2, 0.25) is 11.8 Å². The SMILES string of the molecule is CCNc1cc(Oc2ccc(OC)cc2)nc(N)n1. The molecule has 0 aliphatic carbocycles. The van der Waals surface area contributed by atoms with Crippen LogP contribution >= 0.6 is 0 Å². The maximum absolute atomic E-state index is 5.63. The van der Waals surface area contributed by atoms with Crippen molar-refractivity contribution in [2.75, 3.05) is 24.7 Å². The van der Waals surface area contributed by atoms with E-state index in [1.165, 1.54) is 0 Å². The van der Waals surface area contributed by atoms with Gasteiger partial charge in [0, 0.05) is 12.6 Å². The summed E-state index contributed by atoms with van der Waals surface area (Å²) in [5.41, 5.74) is 5.63. The molecule has 1 aromatic carbocycles. The molecule has 6 heteroatoms. The Hall–Kier alpha value is -2.50. The minimum atomic E-state index is 0.168. The fourth-order valence-electron chi connectivity index (χ4n) is 1.53. The Morgan fingerprint density at radius 3 is 2.47 bits per heavy atom. The highest BCUT2D eigenvalue weighted by atomic mass is 16.5. The lowest BCUT2D eigenvalue weighted by molar-refractivity contribution is 0.412. The molecule has 0 radical (unpaired) electrons. The Balaban J connectivity index is 2.17. The molecular formula is C13H16N4O2. The van der Waals surface area contributed by atoms with Crippen LogP contribution in [0.3, 0.4) is 0 Å². The monoisotopic (exact) mass is 260 g/mol. The molecule has 2 aromatic rings. The van der Waals surface area contributed by atoms with Crippen LogP contribution in [-0.4, -0.2) is 23.6 Å². The first-order valence-corrected chi connectivity index (χ1v) is 5.91. The van der Waals surface area contributed by atoms with Crippen molar-refractivity contribution in [2.24, 2.45) is 0 Å². The number of nitrogens with zero attached hydrogens (tertiary/aromatic N) is 2. The first kappa shape index (κ1) is 12.9. The maximum atomic E-state index is 5.63. The van der Waals surface area contributed by atoms with Crippen LogP contribution in [0.5, 0.6) is 17.4 Å². The molecule has 1 heterocycles. The molecule has 0 amide bonds. The molecule has 0 atom stereocenters. The Bertz CT molecular complexity index is 543. The van der Waals surface area contributed by atoms with Crippen LogP contribution in [0.25, 0.3) is 0 Å². The predicted octanol–water partition coefficient (Wildman–Crippen LogP) is 2.29. The summed E-state index contributed by atoms with van der Waals surface area (Å²) in [7, 11) is 1.61. The highest BCUT2D eigenvalue weighted by Crippen LogP contribution is 2.24. The quantitative estimate of drug-likeness (QED) is 0.858. The number of ether oxygens (including phenoxy) is 2. The molecule has 2 rings (SSSR count). The standard InChI is InChI=1S/C13H16N4O2/c1-3-15-11-8-12(17-13(14)16-11)19-10-6-4-9(18-2)5-7-10/h4-8H,3H2,1-2H3,(H3,14,15,16,17). The van der Waals surface area contributed by atoms with Gasteiger partial charge in [-0.2, -0.15) is 9.97 Å². The van der Waals surface area contributed by atoms with Gasteiger partial charge in [-0.1, -0.05) is 0 Å². The van der Waals surface area contributed by atoms with E-state index >= 15 is 0 Å². The second kappa shape index (κ2) is 5.90. The summed E-state index contributed by atoms with van der Waals surface area (Å²) in [5, 5.41) is 3.06. The van der Waals surface area contributed by atoms with Crippen molar-refractivity contribution < 1.29 is 9.47 Å². The lowest BCUT2D eigenvalue weighted by Gasteiger charge is -2.08. The fourth-order valence-corrected chi connectivity index (χ4v) is 1.53. The van der Waals surface area contributed by atoms with Gasteiger partial charge >= 0.3 is 0 Å². The summed E-state index contributed by atoms with van der Waals surface area (Å²) in [5.74, 6) is 2.62. The molecule has 19 heavy (non-hydrogen) atoms. The second-order valence-electron chi connectivity index (χ2n) is 3.76. The van der Waals surface area contributed by atoms with Crippen molar-refractivity contribution in [2.45, 2.75) is 6.92 Å². The summed E-state index contributed by atoms with van der Waals surface area (Å²) < 4.78 is 10.7. The fraction of sp³-hybridized carbons (Fsp3) is 0.231. The van der Waals surface area contributed by atoms with E-state index in [1.807, 2.05) is 19.1 Å². The van der Waals surface area contributed by atoms with E-state index in [4.69, 9.17) is 15.2 Å². The summed E-state index contributed by atoms with van der Waals surface area (Å²) in [6.45, 7) is 2.72. The first-order valence-electron chi connectivity index (χ1n) is 5.91. The van der Waals surface area contributed by atoms with E-state index in [-0.39, 0.29) is 5.95 Å². The van der Waals surface area contributed by atoms with Crippen LogP contribution < -0.4 is 20.5 Å². The van der Waals surface area contributed by atoms with Gasteiger partial charge in [-0.3, -0.25) is 0 Å². The van der Waals surface area contributed by atoms with Crippen molar-refractivity contribution >= 4 is 11.8 Å².